The predicted molar refractivity (Wildman–Crippen MR) is 36.6 cm³/mol. The van der Waals surface area contributed by atoms with Gasteiger partial charge in [-0.25, -0.2) is 0 Å². The number of hydrogen-bond acceptors (Lipinski definition) is 1. The van der Waals surface area contributed by atoms with E-state index >= 15 is 0 Å². The fourth-order valence-corrected chi connectivity index (χ4v) is 1.23. The minimum atomic E-state index is -0.0257. The predicted octanol–water partition coefficient (Wildman–Crippen LogP) is 2.06. The van der Waals surface area contributed by atoms with Crippen molar-refractivity contribution in [1.29, 1.82) is 0 Å². The molecule has 0 heterocycles. The van der Waals surface area contributed by atoms with Gasteiger partial charge in [-0.1, -0.05) is 0 Å². The summed E-state index contributed by atoms with van der Waals surface area (Å²) >= 11 is 0.0595. The van der Waals surface area contributed by atoms with E-state index in [1.54, 1.807) is 12.1 Å². The summed E-state index contributed by atoms with van der Waals surface area (Å²) in [6.07, 6.45) is 0. The van der Waals surface area contributed by atoms with Crippen LogP contribution in [0.15, 0.2) is 30.3 Å². The molecule has 0 radical (unpaired) electrons. The van der Waals surface area contributed by atoms with Gasteiger partial charge in [0.25, 0.3) is 0 Å². The van der Waals surface area contributed by atoms with Crippen LogP contribution in [-0.4, -0.2) is 4.68 Å². The Hall–Kier alpha value is -0.301. The van der Waals surface area contributed by atoms with Gasteiger partial charge in [-0.2, -0.15) is 0 Å². The van der Waals surface area contributed by atoms with E-state index in [9.17, 15) is 4.79 Å². The third-order valence-corrected chi connectivity index (χ3v) is 2.06. The molecule has 1 aromatic carbocycles. The summed E-state index contributed by atoms with van der Waals surface area (Å²) in [5, 5.41) is 0. The topological polar surface area (TPSA) is 17.1 Å². The molecule has 1 nitrogen and oxygen atoms in total. The van der Waals surface area contributed by atoms with Gasteiger partial charge in [0, 0.05) is 0 Å². The zero-order valence-corrected chi connectivity index (χ0v) is 6.89. The van der Waals surface area contributed by atoms with Crippen molar-refractivity contribution >= 4 is 14.8 Å². The van der Waals surface area contributed by atoms with Crippen LogP contribution in [0.5, 0.6) is 0 Å². The van der Waals surface area contributed by atoms with Gasteiger partial charge in [0.2, 0.25) is 0 Å². The molecular formula is C7H5ClFeO. The Morgan fingerprint density at radius 2 is 1.90 bits per heavy atom. The monoisotopic (exact) mass is 196 g/mol. The zero-order chi connectivity index (χ0) is 7.40. The first kappa shape index (κ1) is 7.80. The summed E-state index contributed by atoms with van der Waals surface area (Å²) in [7, 11) is 5.34. The molecule has 3 heteroatoms. The van der Waals surface area contributed by atoms with E-state index in [1.165, 1.54) is 0 Å². The molecule has 0 spiro atoms. The maximum atomic E-state index is 10.9. The standard InChI is InChI=1S/C7H5O.ClH.Fe/c8-6-7-4-2-1-3-5-7;;/h1-5H;1H;/q;;+1/p-1. The molecule has 0 N–H and O–H groups in total. The van der Waals surface area contributed by atoms with Crippen LogP contribution >= 0.6 is 10.1 Å². The van der Waals surface area contributed by atoms with Crippen molar-refractivity contribution in [1.82, 2.24) is 0 Å². The van der Waals surface area contributed by atoms with Crippen molar-refractivity contribution < 1.29 is 18.8 Å². The second-order valence-corrected chi connectivity index (χ2v) is 2.96. The first-order valence-corrected chi connectivity index (χ1v) is 4.75. The summed E-state index contributed by atoms with van der Waals surface area (Å²) in [4.78, 5) is 10.9. The summed E-state index contributed by atoms with van der Waals surface area (Å²) < 4.78 is -0.0257. The van der Waals surface area contributed by atoms with Crippen LogP contribution in [0.1, 0.15) is 10.4 Å². The van der Waals surface area contributed by atoms with E-state index < -0.39 is 0 Å². The Morgan fingerprint density at radius 1 is 1.30 bits per heavy atom. The van der Waals surface area contributed by atoms with Gasteiger partial charge in [0.15, 0.2) is 0 Å². The van der Waals surface area contributed by atoms with Crippen LogP contribution in [0, 0.1) is 0 Å². The molecule has 1 aromatic rings. The molecule has 0 fully saturated rings. The number of rotatable bonds is 2. The average molecular weight is 196 g/mol. The van der Waals surface area contributed by atoms with Gasteiger partial charge in [0.05, 0.1) is 0 Å². The van der Waals surface area contributed by atoms with Crippen molar-refractivity contribution in [3.05, 3.63) is 35.9 Å². The Bertz CT molecular complexity index is 222. The van der Waals surface area contributed by atoms with E-state index in [0.29, 0.717) is 5.56 Å². The van der Waals surface area contributed by atoms with Crippen LogP contribution in [0.25, 0.3) is 0 Å². The van der Waals surface area contributed by atoms with Crippen molar-refractivity contribution in [3.8, 4) is 0 Å². The molecule has 0 aliphatic heterocycles. The SMILES string of the molecule is O=[C]([Fe][Cl])c1ccccc1. The van der Waals surface area contributed by atoms with Gasteiger partial charge in [0.1, 0.15) is 0 Å². The van der Waals surface area contributed by atoms with Crippen molar-refractivity contribution in [2.45, 2.75) is 0 Å². The first-order valence-electron chi connectivity index (χ1n) is 2.68. The molecule has 54 valence electrons. The Labute approximate surface area is 69.8 Å². The maximum absolute atomic E-state index is 10.9. The molecule has 0 bridgehead atoms. The average Bonchev–Trinajstić information content (AvgIpc) is 2.05. The van der Waals surface area contributed by atoms with Gasteiger partial charge in [-0.15, -0.1) is 0 Å². The minimum absolute atomic E-state index is 0.0257. The molecule has 0 saturated heterocycles. The van der Waals surface area contributed by atoms with Crippen LogP contribution in [0.2, 0.25) is 0 Å². The molecule has 1 rings (SSSR count). The normalized spacial score (nSPS) is 9.70. The fourth-order valence-electron chi connectivity index (χ4n) is 0.604. The van der Waals surface area contributed by atoms with Gasteiger partial charge >= 0.3 is 69.5 Å². The molecule has 0 atom stereocenters. The summed E-state index contributed by atoms with van der Waals surface area (Å²) in [6.45, 7) is 0. The molecule has 0 saturated carbocycles. The molecule has 0 unspecified atom stereocenters. The third-order valence-electron chi connectivity index (χ3n) is 1.05. The molecule has 0 aliphatic rings. The number of benzene rings is 1. The summed E-state index contributed by atoms with van der Waals surface area (Å²) in [5.41, 5.74) is 0.678. The van der Waals surface area contributed by atoms with E-state index in [4.69, 9.17) is 10.1 Å². The Balaban J connectivity index is 2.85. The molecule has 10 heavy (non-hydrogen) atoms. The molecule has 0 aromatic heterocycles. The van der Waals surface area contributed by atoms with Crippen LogP contribution in [0.3, 0.4) is 0 Å². The van der Waals surface area contributed by atoms with E-state index in [-0.39, 0.29) is 18.7 Å². The zero-order valence-electron chi connectivity index (χ0n) is 5.03. The van der Waals surface area contributed by atoms with Crippen molar-refractivity contribution in [2.24, 2.45) is 0 Å². The van der Waals surface area contributed by atoms with Crippen molar-refractivity contribution in [2.75, 3.05) is 0 Å². The molecule has 0 amide bonds. The Kier molecular flexibility index (Phi) is 2.94. The van der Waals surface area contributed by atoms with Gasteiger partial charge in [-0.3, -0.25) is 0 Å². The Morgan fingerprint density at radius 3 is 2.40 bits per heavy atom. The van der Waals surface area contributed by atoms with Gasteiger partial charge < -0.3 is 0 Å². The van der Waals surface area contributed by atoms with E-state index in [2.05, 4.69) is 0 Å². The molecular weight excluding hydrogens is 191 g/mol. The fraction of sp³-hybridized carbons (Fsp3) is 0. The molecule has 0 aliphatic carbocycles. The number of halogens is 1. The summed E-state index contributed by atoms with van der Waals surface area (Å²) in [6, 6.07) is 9.01. The second-order valence-electron chi connectivity index (χ2n) is 1.70. The third kappa shape index (κ3) is 1.84. The first-order chi connectivity index (χ1) is 4.84. The number of hydrogen-bond donors (Lipinski definition) is 0. The number of carbonyl (C=O) groups excluding carboxylic acids is 1. The quantitative estimate of drug-likeness (QED) is 0.662. The number of carbonyl (C=O) groups is 1. The van der Waals surface area contributed by atoms with Crippen molar-refractivity contribution in [3.63, 3.8) is 0 Å². The van der Waals surface area contributed by atoms with Crippen LogP contribution in [-0.2, 0) is 14.0 Å². The van der Waals surface area contributed by atoms with Crippen LogP contribution in [0.4, 0.5) is 0 Å². The summed E-state index contributed by atoms with van der Waals surface area (Å²) in [5.74, 6) is 0. The van der Waals surface area contributed by atoms with Crippen LogP contribution < -0.4 is 0 Å². The van der Waals surface area contributed by atoms with E-state index in [1.807, 2.05) is 18.2 Å². The van der Waals surface area contributed by atoms with Gasteiger partial charge in [-0.05, 0) is 0 Å². The second kappa shape index (κ2) is 3.77. The van der Waals surface area contributed by atoms with E-state index in [0.717, 1.165) is 0 Å².